The van der Waals surface area contributed by atoms with E-state index >= 15 is 0 Å². The Morgan fingerprint density at radius 3 is 2.67 bits per heavy atom. The molecule has 0 fully saturated rings. The number of ether oxygens (including phenoxy) is 2. The third-order valence-electron chi connectivity index (χ3n) is 2.21. The summed E-state index contributed by atoms with van der Waals surface area (Å²) in [5.41, 5.74) is -0.669. The summed E-state index contributed by atoms with van der Waals surface area (Å²) in [5, 5.41) is 8.79. The molecule has 0 saturated carbocycles. The molecule has 0 aliphatic carbocycles. The highest BCUT2D eigenvalue weighted by Gasteiger charge is 2.43. The van der Waals surface area contributed by atoms with Gasteiger partial charge in [-0.15, -0.1) is 0 Å². The van der Waals surface area contributed by atoms with Gasteiger partial charge in [0.1, 0.15) is 11.8 Å². The molecule has 0 heterocycles. The zero-order valence-electron chi connectivity index (χ0n) is 9.87. The van der Waals surface area contributed by atoms with E-state index in [2.05, 4.69) is 4.74 Å². The van der Waals surface area contributed by atoms with Crippen molar-refractivity contribution in [2.75, 3.05) is 13.7 Å². The van der Waals surface area contributed by atoms with E-state index in [1.54, 1.807) is 6.07 Å². The summed E-state index contributed by atoms with van der Waals surface area (Å²) in [6.07, 6.45) is 0. The Morgan fingerprint density at radius 1 is 1.50 bits per heavy atom. The van der Waals surface area contributed by atoms with Gasteiger partial charge in [-0.3, -0.25) is 0 Å². The first-order chi connectivity index (χ1) is 8.47. The number of methoxy groups -OCH3 is 1. The van der Waals surface area contributed by atoms with Crippen molar-refractivity contribution < 1.29 is 23.0 Å². The van der Waals surface area contributed by atoms with E-state index < -0.39 is 17.5 Å². The van der Waals surface area contributed by atoms with Crippen molar-refractivity contribution in [2.24, 2.45) is 0 Å². The third kappa shape index (κ3) is 2.56. The van der Waals surface area contributed by atoms with Crippen LogP contribution in [0, 0.1) is 11.3 Å². The van der Waals surface area contributed by atoms with Crippen molar-refractivity contribution in [3.63, 3.8) is 0 Å². The highest BCUT2D eigenvalue weighted by molar-refractivity contribution is 5.79. The Bertz CT molecular complexity index is 495. The van der Waals surface area contributed by atoms with Gasteiger partial charge in [-0.25, -0.2) is 4.79 Å². The predicted octanol–water partition coefficient (Wildman–Crippen LogP) is 2.22. The maximum Gasteiger partial charge on any atom is 0.381 e. The summed E-state index contributed by atoms with van der Waals surface area (Å²) in [4.78, 5) is 11.1. The second kappa shape index (κ2) is 5.45. The van der Waals surface area contributed by atoms with Crippen LogP contribution >= 0.6 is 0 Å². The maximum absolute atomic E-state index is 13.7. The summed E-state index contributed by atoms with van der Waals surface area (Å²) in [6, 6.07) is 4.87. The second-order valence-electron chi connectivity index (χ2n) is 3.32. The summed E-state index contributed by atoms with van der Waals surface area (Å²) < 4.78 is 36.4. The minimum Gasteiger partial charge on any atom is -0.495 e. The summed E-state index contributed by atoms with van der Waals surface area (Å²) in [7, 11) is 1.32. The molecule has 0 aliphatic heterocycles. The minimum absolute atomic E-state index is 0.0704. The fourth-order valence-corrected chi connectivity index (χ4v) is 1.33. The smallest absolute Gasteiger partial charge is 0.381 e. The second-order valence-corrected chi connectivity index (χ2v) is 3.32. The molecular weight excluding hydrogens is 244 g/mol. The Kier molecular flexibility index (Phi) is 4.21. The highest BCUT2D eigenvalue weighted by Crippen LogP contribution is 2.32. The van der Waals surface area contributed by atoms with Crippen LogP contribution < -0.4 is 4.74 Å². The van der Waals surface area contributed by atoms with Gasteiger partial charge in [-0.1, -0.05) is 0 Å². The van der Waals surface area contributed by atoms with Crippen LogP contribution in [-0.4, -0.2) is 19.7 Å². The molecule has 0 N–H and O–H groups in total. The molecule has 1 aromatic carbocycles. The van der Waals surface area contributed by atoms with E-state index in [9.17, 15) is 13.6 Å². The van der Waals surface area contributed by atoms with Crippen molar-refractivity contribution in [2.45, 2.75) is 12.8 Å². The van der Waals surface area contributed by atoms with Gasteiger partial charge in [0.05, 0.1) is 19.3 Å². The summed E-state index contributed by atoms with van der Waals surface area (Å²) in [5.74, 6) is -5.26. The van der Waals surface area contributed by atoms with Crippen LogP contribution in [0.3, 0.4) is 0 Å². The first-order valence-corrected chi connectivity index (χ1v) is 5.11. The van der Waals surface area contributed by atoms with Gasteiger partial charge in [-0.05, 0) is 25.1 Å². The number of nitrogens with zero attached hydrogens (tertiary/aromatic N) is 1. The number of halogens is 2. The third-order valence-corrected chi connectivity index (χ3v) is 2.21. The zero-order chi connectivity index (χ0) is 13.8. The number of carbonyl (C=O) groups excluding carboxylic acids is 1. The molecule has 4 nitrogen and oxygen atoms in total. The van der Waals surface area contributed by atoms with Crippen LogP contribution in [0.2, 0.25) is 0 Å². The average Bonchev–Trinajstić information content (AvgIpc) is 2.38. The molecule has 1 aromatic rings. The van der Waals surface area contributed by atoms with Crippen LogP contribution in [0.1, 0.15) is 18.1 Å². The largest absolute Gasteiger partial charge is 0.495 e. The molecule has 6 heteroatoms. The van der Waals surface area contributed by atoms with Gasteiger partial charge in [0.2, 0.25) is 0 Å². The van der Waals surface area contributed by atoms with Crippen LogP contribution in [0.15, 0.2) is 18.2 Å². The van der Waals surface area contributed by atoms with Crippen molar-refractivity contribution in [3.05, 3.63) is 29.3 Å². The Labute approximate surface area is 103 Å². The van der Waals surface area contributed by atoms with Gasteiger partial charge in [-0.2, -0.15) is 14.0 Å². The maximum atomic E-state index is 13.7. The number of nitriles is 1. The molecule has 0 aliphatic rings. The van der Waals surface area contributed by atoms with Gasteiger partial charge in [0.15, 0.2) is 0 Å². The normalized spacial score (nSPS) is 10.6. The van der Waals surface area contributed by atoms with Gasteiger partial charge in [0.25, 0.3) is 0 Å². The van der Waals surface area contributed by atoms with Crippen molar-refractivity contribution >= 4 is 5.97 Å². The van der Waals surface area contributed by atoms with E-state index in [0.29, 0.717) is 0 Å². The molecule has 0 aromatic heterocycles. The topological polar surface area (TPSA) is 59.3 Å². The SMILES string of the molecule is CCOC(=O)C(F)(F)c1ccc(OC)c(C#N)c1. The number of alkyl halides is 2. The molecular formula is C12H11F2NO3. The molecule has 0 atom stereocenters. The van der Waals surface area contributed by atoms with E-state index in [0.717, 1.165) is 12.1 Å². The average molecular weight is 255 g/mol. The van der Waals surface area contributed by atoms with E-state index in [-0.39, 0.29) is 17.9 Å². The van der Waals surface area contributed by atoms with Crippen molar-refractivity contribution in [1.29, 1.82) is 5.26 Å². The van der Waals surface area contributed by atoms with Crippen LogP contribution in [0.25, 0.3) is 0 Å². The van der Waals surface area contributed by atoms with Crippen LogP contribution in [-0.2, 0) is 15.5 Å². The van der Waals surface area contributed by atoms with E-state index in [4.69, 9.17) is 10.00 Å². The Hall–Kier alpha value is -2.16. The number of hydrogen-bond acceptors (Lipinski definition) is 4. The first-order valence-electron chi connectivity index (χ1n) is 5.11. The predicted molar refractivity (Wildman–Crippen MR) is 58.2 cm³/mol. The molecule has 96 valence electrons. The van der Waals surface area contributed by atoms with Gasteiger partial charge in [0, 0.05) is 5.56 Å². The summed E-state index contributed by atoms with van der Waals surface area (Å²) >= 11 is 0. The number of rotatable bonds is 4. The number of benzene rings is 1. The number of esters is 1. The number of hydrogen-bond donors (Lipinski definition) is 0. The highest BCUT2D eigenvalue weighted by atomic mass is 19.3. The molecule has 0 spiro atoms. The lowest BCUT2D eigenvalue weighted by molar-refractivity contribution is -0.173. The molecule has 0 unspecified atom stereocenters. The summed E-state index contributed by atoms with van der Waals surface area (Å²) in [6.45, 7) is 1.29. The lowest BCUT2D eigenvalue weighted by Crippen LogP contribution is -2.28. The van der Waals surface area contributed by atoms with Crippen molar-refractivity contribution in [1.82, 2.24) is 0 Å². The van der Waals surface area contributed by atoms with Gasteiger partial charge >= 0.3 is 11.9 Å². The molecule has 0 saturated heterocycles. The van der Waals surface area contributed by atoms with E-state index in [1.807, 2.05) is 0 Å². The molecule has 0 amide bonds. The fraction of sp³-hybridized carbons (Fsp3) is 0.333. The molecule has 18 heavy (non-hydrogen) atoms. The quantitative estimate of drug-likeness (QED) is 0.774. The zero-order valence-corrected chi connectivity index (χ0v) is 9.87. The Morgan fingerprint density at radius 2 is 2.17 bits per heavy atom. The van der Waals surface area contributed by atoms with Crippen molar-refractivity contribution in [3.8, 4) is 11.8 Å². The lowest BCUT2D eigenvalue weighted by Gasteiger charge is -2.15. The fourth-order valence-electron chi connectivity index (χ4n) is 1.33. The van der Waals surface area contributed by atoms with Gasteiger partial charge < -0.3 is 9.47 Å². The number of carbonyl (C=O) groups is 1. The lowest BCUT2D eigenvalue weighted by atomic mass is 10.0. The van der Waals surface area contributed by atoms with Crippen LogP contribution in [0.5, 0.6) is 5.75 Å². The Balaban J connectivity index is 3.18. The molecule has 0 bridgehead atoms. The monoisotopic (exact) mass is 255 g/mol. The minimum atomic E-state index is -3.78. The molecule has 0 radical (unpaired) electrons. The molecule has 1 rings (SSSR count). The van der Waals surface area contributed by atoms with Crippen LogP contribution in [0.4, 0.5) is 8.78 Å². The van der Waals surface area contributed by atoms with E-state index in [1.165, 1.54) is 20.1 Å². The standard InChI is InChI=1S/C12H11F2NO3/c1-3-18-11(16)12(13,14)9-4-5-10(17-2)8(6-9)7-15/h4-6H,3H2,1-2H3. The first kappa shape index (κ1) is 13.9.